The van der Waals surface area contributed by atoms with Crippen molar-refractivity contribution in [2.45, 2.75) is 19.4 Å². The minimum atomic E-state index is 0.237. The lowest BCUT2D eigenvalue weighted by atomic mass is 10.0. The Hall–Kier alpha value is -0.930. The van der Waals surface area contributed by atoms with Gasteiger partial charge in [-0.3, -0.25) is 0 Å². The Morgan fingerprint density at radius 1 is 1.53 bits per heavy atom. The Balaban J connectivity index is 2.31. The molecule has 1 saturated heterocycles. The molecule has 1 aliphatic heterocycles. The van der Waals surface area contributed by atoms with Crippen molar-refractivity contribution in [2.24, 2.45) is 5.92 Å². The Morgan fingerprint density at radius 3 is 2.88 bits per heavy atom. The number of halogens is 1. The van der Waals surface area contributed by atoms with E-state index in [1.165, 1.54) is 0 Å². The van der Waals surface area contributed by atoms with Crippen LogP contribution < -0.4 is 9.64 Å². The Kier molecular flexibility index (Phi) is 3.79. The van der Waals surface area contributed by atoms with E-state index >= 15 is 0 Å². The number of hydrogen-bond donors (Lipinski definition) is 1. The molecule has 0 aliphatic carbocycles. The van der Waals surface area contributed by atoms with Gasteiger partial charge >= 0.3 is 0 Å². The highest BCUT2D eigenvalue weighted by atomic mass is 35.5. The van der Waals surface area contributed by atoms with Crippen molar-refractivity contribution in [2.75, 3.05) is 25.2 Å². The normalized spacial score (nSPS) is 24.1. The summed E-state index contributed by atoms with van der Waals surface area (Å²) in [6, 6.07) is 5.95. The Labute approximate surface area is 107 Å². The first-order chi connectivity index (χ1) is 8.17. The Bertz CT molecular complexity index is 397. The molecule has 0 saturated carbocycles. The summed E-state index contributed by atoms with van der Waals surface area (Å²) in [6.45, 7) is 3.30. The predicted molar refractivity (Wildman–Crippen MR) is 70.0 cm³/mol. The lowest BCUT2D eigenvalue weighted by molar-refractivity contribution is 0.221. The van der Waals surface area contributed by atoms with Crippen molar-refractivity contribution in [1.29, 1.82) is 0 Å². The van der Waals surface area contributed by atoms with Gasteiger partial charge in [0, 0.05) is 30.1 Å². The molecule has 1 heterocycles. The third kappa shape index (κ3) is 2.35. The lowest BCUT2D eigenvalue weighted by Crippen LogP contribution is -2.31. The second-order valence-electron chi connectivity index (χ2n) is 4.48. The van der Waals surface area contributed by atoms with Crippen LogP contribution in [0.3, 0.4) is 0 Å². The first-order valence-electron chi connectivity index (χ1n) is 5.88. The summed E-state index contributed by atoms with van der Waals surface area (Å²) < 4.78 is 5.37. The van der Waals surface area contributed by atoms with Gasteiger partial charge in [-0.05, 0) is 31.5 Å². The molecular weight excluding hydrogens is 238 g/mol. The number of nitrogens with zero attached hydrogens (tertiary/aromatic N) is 1. The zero-order chi connectivity index (χ0) is 12.4. The van der Waals surface area contributed by atoms with Crippen LogP contribution in [-0.4, -0.2) is 31.4 Å². The zero-order valence-electron chi connectivity index (χ0n) is 10.2. The molecule has 1 aliphatic rings. The number of aliphatic hydroxyl groups is 1. The fraction of sp³-hybridized carbons (Fsp3) is 0.538. The molecule has 2 rings (SSSR count). The summed E-state index contributed by atoms with van der Waals surface area (Å²) in [7, 11) is 1.66. The molecule has 17 heavy (non-hydrogen) atoms. The zero-order valence-corrected chi connectivity index (χ0v) is 10.9. The molecule has 1 aromatic rings. The highest BCUT2D eigenvalue weighted by Crippen LogP contribution is 2.37. The van der Waals surface area contributed by atoms with E-state index < -0.39 is 0 Å². The van der Waals surface area contributed by atoms with Gasteiger partial charge < -0.3 is 14.7 Å². The van der Waals surface area contributed by atoms with E-state index in [1.54, 1.807) is 7.11 Å². The van der Waals surface area contributed by atoms with E-state index in [9.17, 15) is 5.11 Å². The average Bonchev–Trinajstić information content (AvgIpc) is 2.70. The van der Waals surface area contributed by atoms with E-state index in [2.05, 4.69) is 11.8 Å². The van der Waals surface area contributed by atoms with Crippen molar-refractivity contribution in [3.05, 3.63) is 23.2 Å². The molecule has 2 unspecified atom stereocenters. The predicted octanol–water partition coefficient (Wildman–Crippen LogP) is 2.56. The number of rotatable bonds is 3. The molecule has 4 heteroatoms. The summed E-state index contributed by atoms with van der Waals surface area (Å²) in [6.07, 6.45) is 1.01. The maximum atomic E-state index is 9.30. The van der Waals surface area contributed by atoms with Gasteiger partial charge in [-0.25, -0.2) is 0 Å². The van der Waals surface area contributed by atoms with Gasteiger partial charge in [-0.15, -0.1) is 0 Å². The van der Waals surface area contributed by atoms with Crippen LogP contribution in [0.15, 0.2) is 18.2 Å². The van der Waals surface area contributed by atoms with Gasteiger partial charge in [-0.1, -0.05) is 11.6 Å². The molecule has 1 fully saturated rings. The average molecular weight is 256 g/mol. The largest absolute Gasteiger partial charge is 0.495 e. The van der Waals surface area contributed by atoms with Gasteiger partial charge in [0.15, 0.2) is 0 Å². The molecule has 2 atom stereocenters. The first kappa shape index (κ1) is 12.5. The maximum Gasteiger partial charge on any atom is 0.142 e. The molecule has 0 aromatic heterocycles. The van der Waals surface area contributed by atoms with Gasteiger partial charge in [0.2, 0.25) is 0 Å². The summed E-state index contributed by atoms with van der Waals surface area (Å²) in [4.78, 5) is 2.26. The van der Waals surface area contributed by atoms with Crippen LogP contribution in [0.2, 0.25) is 5.02 Å². The third-order valence-corrected chi connectivity index (χ3v) is 3.83. The topological polar surface area (TPSA) is 32.7 Å². The minimum absolute atomic E-state index is 0.237. The molecule has 0 radical (unpaired) electrons. The van der Waals surface area contributed by atoms with Crippen molar-refractivity contribution in [3.63, 3.8) is 0 Å². The summed E-state index contributed by atoms with van der Waals surface area (Å²) in [5, 5.41) is 10.0. The standard InChI is InChI=1S/C13H18ClNO2/c1-9-10(8-16)5-6-15(9)12-7-11(14)3-4-13(12)17-2/h3-4,7,9-10,16H,5-6,8H2,1-2H3. The molecule has 3 nitrogen and oxygen atoms in total. The number of ether oxygens (including phenoxy) is 1. The van der Waals surface area contributed by atoms with Crippen LogP contribution in [0.25, 0.3) is 0 Å². The molecule has 0 bridgehead atoms. The molecule has 0 spiro atoms. The van der Waals surface area contributed by atoms with Crippen molar-refractivity contribution in [1.82, 2.24) is 0 Å². The summed E-state index contributed by atoms with van der Waals surface area (Å²) >= 11 is 6.04. The van der Waals surface area contributed by atoms with Crippen molar-refractivity contribution < 1.29 is 9.84 Å². The lowest BCUT2D eigenvalue weighted by Gasteiger charge is -2.27. The second-order valence-corrected chi connectivity index (χ2v) is 4.92. The molecule has 1 aromatic carbocycles. The van der Waals surface area contributed by atoms with Crippen LogP contribution in [0.5, 0.6) is 5.75 Å². The van der Waals surface area contributed by atoms with Crippen LogP contribution in [-0.2, 0) is 0 Å². The van der Waals surface area contributed by atoms with Gasteiger partial charge in [-0.2, -0.15) is 0 Å². The first-order valence-corrected chi connectivity index (χ1v) is 6.26. The number of aliphatic hydroxyl groups excluding tert-OH is 1. The summed E-state index contributed by atoms with van der Waals surface area (Å²) in [5.74, 6) is 1.17. The number of methoxy groups -OCH3 is 1. The van der Waals surface area contributed by atoms with Gasteiger partial charge in [0.25, 0.3) is 0 Å². The molecular formula is C13H18ClNO2. The smallest absolute Gasteiger partial charge is 0.142 e. The van der Waals surface area contributed by atoms with Crippen molar-refractivity contribution >= 4 is 17.3 Å². The quantitative estimate of drug-likeness (QED) is 0.901. The maximum absolute atomic E-state index is 9.30. The van der Waals surface area contributed by atoms with E-state index in [4.69, 9.17) is 16.3 Å². The molecule has 94 valence electrons. The van der Waals surface area contributed by atoms with E-state index in [1.807, 2.05) is 18.2 Å². The fourth-order valence-electron chi connectivity index (χ4n) is 2.48. The van der Waals surface area contributed by atoms with Crippen LogP contribution in [0.4, 0.5) is 5.69 Å². The molecule has 1 N–H and O–H groups in total. The van der Waals surface area contributed by atoms with E-state index in [-0.39, 0.29) is 6.61 Å². The molecule has 0 amide bonds. The number of benzene rings is 1. The van der Waals surface area contributed by atoms with Crippen LogP contribution in [0, 0.1) is 5.92 Å². The van der Waals surface area contributed by atoms with E-state index in [0.717, 1.165) is 24.4 Å². The fourth-order valence-corrected chi connectivity index (χ4v) is 2.64. The second kappa shape index (κ2) is 5.15. The van der Waals surface area contributed by atoms with Gasteiger partial charge in [0.1, 0.15) is 5.75 Å². The van der Waals surface area contributed by atoms with Crippen molar-refractivity contribution in [3.8, 4) is 5.75 Å². The monoisotopic (exact) mass is 255 g/mol. The third-order valence-electron chi connectivity index (χ3n) is 3.60. The van der Waals surface area contributed by atoms with E-state index in [0.29, 0.717) is 17.0 Å². The van der Waals surface area contributed by atoms with Crippen LogP contribution in [0.1, 0.15) is 13.3 Å². The highest BCUT2D eigenvalue weighted by Gasteiger charge is 2.31. The SMILES string of the molecule is COc1ccc(Cl)cc1N1CCC(CO)C1C. The highest BCUT2D eigenvalue weighted by molar-refractivity contribution is 6.30. The minimum Gasteiger partial charge on any atom is -0.495 e. The van der Waals surface area contributed by atoms with Crippen LogP contribution >= 0.6 is 11.6 Å². The Morgan fingerprint density at radius 2 is 2.29 bits per heavy atom. The number of anilines is 1. The summed E-state index contributed by atoms with van der Waals surface area (Å²) in [5.41, 5.74) is 1.02. The number of hydrogen-bond acceptors (Lipinski definition) is 3. The van der Waals surface area contributed by atoms with Gasteiger partial charge in [0.05, 0.1) is 12.8 Å².